The summed E-state index contributed by atoms with van der Waals surface area (Å²) in [6, 6.07) is 18.0. The Morgan fingerprint density at radius 3 is 2.38 bits per heavy atom. The SMILES string of the molecule is BrCCc1cccc(Oc2ccccc2)c1. The van der Waals surface area contributed by atoms with E-state index in [1.165, 1.54) is 5.56 Å². The van der Waals surface area contributed by atoms with E-state index in [1.54, 1.807) is 0 Å². The highest BCUT2D eigenvalue weighted by atomic mass is 79.9. The lowest BCUT2D eigenvalue weighted by atomic mass is 10.2. The van der Waals surface area contributed by atoms with Gasteiger partial charge in [-0.25, -0.2) is 0 Å². The van der Waals surface area contributed by atoms with Crippen LogP contribution < -0.4 is 4.74 Å². The first-order valence-corrected chi connectivity index (χ1v) is 6.38. The maximum atomic E-state index is 5.75. The van der Waals surface area contributed by atoms with E-state index < -0.39 is 0 Å². The van der Waals surface area contributed by atoms with Gasteiger partial charge in [-0.3, -0.25) is 0 Å². The highest BCUT2D eigenvalue weighted by Gasteiger charge is 1.98. The topological polar surface area (TPSA) is 9.23 Å². The van der Waals surface area contributed by atoms with E-state index in [-0.39, 0.29) is 0 Å². The van der Waals surface area contributed by atoms with Crippen molar-refractivity contribution < 1.29 is 4.74 Å². The van der Waals surface area contributed by atoms with Gasteiger partial charge >= 0.3 is 0 Å². The summed E-state index contributed by atoms with van der Waals surface area (Å²) in [7, 11) is 0. The molecule has 0 aliphatic heterocycles. The minimum absolute atomic E-state index is 0.874. The van der Waals surface area contributed by atoms with E-state index in [2.05, 4.69) is 28.1 Å². The molecule has 1 nitrogen and oxygen atoms in total. The van der Waals surface area contributed by atoms with Crippen molar-refractivity contribution in [1.29, 1.82) is 0 Å². The minimum atomic E-state index is 0.874. The van der Waals surface area contributed by atoms with Gasteiger partial charge in [-0.05, 0) is 36.2 Å². The van der Waals surface area contributed by atoms with E-state index in [0.717, 1.165) is 23.2 Å². The molecule has 2 heteroatoms. The van der Waals surface area contributed by atoms with E-state index in [0.29, 0.717) is 0 Å². The summed E-state index contributed by atoms with van der Waals surface area (Å²) in [5.74, 6) is 1.77. The number of alkyl halides is 1. The summed E-state index contributed by atoms with van der Waals surface area (Å²) in [6.07, 6.45) is 1.02. The molecule has 0 aliphatic carbocycles. The van der Waals surface area contributed by atoms with Crippen molar-refractivity contribution in [3.05, 3.63) is 60.2 Å². The zero-order valence-corrected chi connectivity index (χ0v) is 10.5. The van der Waals surface area contributed by atoms with Gasteiger partial charge in [-0.1, -0.05) is 46.3 Å². The fourth-order valence-corrected chi connectivity index (χ4v) is 1.96. The van der Waals surface area contributed by atoms with Gasteiger partial charge < -0.3 is 4.74 Å². The Bertz CT molecular complexity index is 439. The van der Waals surface area contributed by atoms with Gasteiger partial charge in [0.15, 0.2) is 0 Å². The molecule has 0 saturated heterocycles. The number of benzene rings is 2. The van der Waals surface area contributed by atoms with Crippen molar-refractivity contribution in [2.24, 2.45) is 0 Å². The maximum absolute atomic E-state index is 5.75. The molecule has 0 fully saturated rings. The summed E-state index contributed by atoms with van der Waals surface area (Å²) in [5, 5.41) is 0.974. The van der Waals surface area contributed by atoms with Crippen molar-refractivity contribution in [1.82, 2.24) is 0 Å². The van der Waals surface area contributed by atoms with Crippen molar-refractivity contribution in [2.75, 3.05) is 5.33 Å². The first-order valence-electron chi connectivity index (χ1n) is 5.26. The highest BCUT2D eigenvalue weighted by molar-refractivity contribution is 9.09. The Morgan fingerprint density at radius 2 is 1.62 bits per heavy atom. The zero-order chi connectivity index (χ0) is 11.2. The van der Waals surface area contributed by atoms with Crippen LogP contribution in [0, 0.1) is 0 Å². The van der Waals surface area contributed by atoms with E-state index in [9.17, 15) is 0 Å². The maximum Gasteiger partial charge on any atom is 0.127 e. The van der Waals surface area contributed by atoms with Crippen LogP contribution in [0.3, 0.4) is 0 Å². The summed E-state index contributed by atoms with van der Waals surface area (Å²) < 4.78 is 5.75. The molecule has 0 amide bonds. The molecule has 82 valence electrons. The number of halogens is 1. The third-order valence-electron chi connectivity index (χ3n) is 2.26. The van der Waals surface area contributed by atoms with Gasteiger partial charge in [-0.2, -0.15) is 0 Å². The van der Waals surface area contributed by atoms with Crippen LogP contribution in [0.25, 0.3) is 0 Å². The third kappa shape index (κ3) is 3.11. The fraction of sp³-hybridized carbons (Fsp3) is 0.143. The quantitative estimate of drug-likeness (QED) is 0.752. The van der Waals surface area contributed by atoms with Crippen LogP contribution in [0.4, 0.5) is 0 Å². The minimum Gasteiger partial charge on any atom is -0.457 e. The lowest BCUT2D eigenvalue weighted by molar-refractivity contribution is 0.482. The lowest BCUT2D eigenvalue weighted by Crippen LogP contribution is -1.88. The second-order valence-corrected chi connectivity index (χ2v) is 4.29. The molecule has 0 aromatic heterocycles. The molecular weight excluding hydrogens is 264 g/mol. The van der Waals surface area contributed by atoms with Crippen molar-refractivity contribution in [2.45, 2.75) is 6.42 Å². The van der Waals surface area contributed by atoms with Crippen LogP contribution in [0.2, 0.25) is 0 Å². The largest absolute Gasteiger partial charge is 0.457 e. The number of ether oxygens (including phenoxy) is 1. The first kappa shape index (κ1) is 11.2. The number of aryl methyl sites for hydroxylation is 1. The number of hydrogen-bond donors (Lipinski definition) is 0. The molecular formula is C14H13BrO. The van der Waals surface area contributed by atoms with Crippen molar-refractivity contribution >= 4 is 15.9 Å². The molecule has 0 unspecified atom stereocenters. The van der Waals surface area contributed by atoms with Gasteiger partial charge in [0.1, 0.15) is 11.5 Å². The Hall–Kier alpha value is -1.28. The number of para-hydroxylation sites is 1. The van der Waals surface area contributed by atoms with Gasteiger partial charge in [0.2, 0.25) is 0 Å². The highest BCUT2D eigenvalue weighted by Crippen LogP contribution is 2.22. The van der Waals surface area contributed by atoms with Crippen LogP contribution >= 0.6 is 15.9 Å². The van der Waals surface area contributed by atoms with Crippen molar-refractivity contribution in [3.63, 3.8) is 0 Å². The monoisotopic (exact) mass is 276 g/mol. The smallest absolute Gasteiger partial charge is 0.127 e. The van der Waals surface area contributed by atoms with Gasteiger partial charge in [0, 0.05) is 5.33 Å². The van der Waals surface area contributed by atoms with Crippen LogP contribution in [0.1, 0.15) is 5.56 Å². The fourth-order valence-electron chi connectivity index (χ4n) is 1.50. The normalized spacial score (nSPS) is 10.1. The van der Waals surface area contributed by atoms with Crippen LogP contribution in [0.15, 0.2) is 54.6 Å². The van der Waals surface area contributed by atoms with Gasteiger partial charge in [-0.15, -0.1) is 0 Å². The lowest BCUT2D eigenvalue weighted by Gasteiger charge is -2.06. The van der Waals surface area contributed by atoms with E-state index in [1.807, 2.05) is 42.5 Å². The second-order valence-electron chi connectivity index (χ2n) is 3.50. The standard InChI is InChI=1S/C14H13BrO/c15-10-9-12-5-4-8-14(11-12)16-13-6-2-1-3-7-13/h1-8,11H,9-10H2. The molecule has 0 atom stereocenters. The number of hydrogen-bond acceptors (Lipinski definition) is 1. The van der Waals surface area contributed by atoms with E-state index >= 15 is 0 Å². The van der Waals surface area contributed by atoms with Gasteiger partial charge in [0.05, 0.1) is 0 Å². The first-order chi connectivity index (χ1) is 7.88. The predicted molar refractivity (Wildman–Crippen MR) is 70.5 cm³/mol. The van der Waals surface area contributed by atoms with Crippen molar-refractivity contribution in [3.8, 4) is 11.5 Å². The Labute approximate surface area is 104 Å². The predicted octanol–water partition coefficient (Wildman–Crippen LogP) is 4.42. The third-order valence-corrected chi connectivity index (χ3v) is 2.66. The van der Waals surface area contributed by atoms with Crippen LogP contribution in [-0.4, -0.2) is 5.33 Å². The summed E-state index contributed by atoms with van der Waals surface area (Å²) in [6.45, 7) is 0. The Morgan fingerprint density at radius 1 is 0.875 bits per heavy atom. The molecule has 0 N–H and O–H groups in total. The molecule has 0 saturated carbocycles. The Kier molecular flexibility index (Phi) is 4.00. The molecule has 0 aliphatic rings. The Balaban J connectivity index is 2.12. The van der Waals surface area contributed by atoms with Crippen LogP contribution in [-0.2, 0) is 6.42 Å². The number of rotatable bonds is 4. The molecule has 0 spiro atoms. The molecule has 0 heterocycles. The van der Waals surface area contributed by atoms with E-state index in [4.69, 9.17) is 4.74 Å². The molecule has 2 rings (SSSR count). The molecule has 2 aromatic carbocycles. The molecule has 0 radical (unpaired) electrons. The average Bonchev–Trinajstić information content (AvgIpc) is 2.31. The molecule has 16 heavy (non-hydrogen) atoms. The summed E-state index contributed by atoms with van der Waals surface area (Å²) in [4.78, 5) is 0. The zero-order valence-electron chi connectivity index (χ0n) is 8.90. The van der Waals surface area contributed by atoms with Gasteiger partial charge in [0.25, 0.3) is 0 Å². The second kappa shape index (κ2) is 5.71. The summed E-state index contributed by atoms with van der Waals surface area (Å²) in [5.41, 5.74) is 1.28. The molecule has 0 bridgehead atoms. The van der Waals surface area contributed by atoms with Crippen LogP contribution in [0.5, 0.6) is 11.5 Å². The summed E-state index contributed by atoms with van der Waals surface area (Å²) >= 11 is 3.44. The average molecular weight is 277 g/mol. The molecule has 2 aromatic rings.